The Labute approximate surface area is 83.4 Å². The average Bonchev–Trinajstić information content (AvgIpc) is 2.29. The molecule has 76 valence electrons. The van der Waals surface area contributed by atoms with Gasteiger partial charge in [-0.25, -0.2) is 0 Å². The van der Waals surface area contributed by atoms with Gasteiger partial charge in [0, 0.05) is 0 Å². The van der Waals surface area contributed by atoms with Crippen LogP contribution in [0.25, 0.3) is 0 Å². The highest BCUT2D eigenvalue weighted by Crippen LogP contribution is 1.91. The molecule has 0 aromatic rings. The SMILES string of the molecule is CCOOC1=NNC([S-])[NH+](C)CC1. The van der Waals surface area contributed by atoms with Crippen molar-refractivity contribution in [2.24, 2.45) is 5.10 Å². The van der Waals surface area contributed by atoms with Gasteiger partial charge < -0.3 is 22.4 Å². The Morgan fingerprint density at radius 1 is 1.77 bits per heavy atom. The van der Waals surface area contributed by atoms with Gasteiger partial charge in [-0.05, 0) is 6.92 Å². The first-order valence-corrected chi connectivity index (χ1v) is 4.81. The minimum Gasteiger partial charge on any atom is -0.703 e. The zero-order valence-corrected chi connectivity index (χ0v) is 8.69. The van der Waals surface area contributed by atoms with Crippen LogP contribution in [0, 0.1) is 0 Å². The second-order valence-electron chi connectivity index (χ2n) is 2.85. The summed E-state index contributed by atoms with van der Waals surface area (Å²) in [6.07, 6.45) is 0.742. The molecule has 1 aliphatic rings. The zero-order valence-electron chi connectivity index (χ0n) is 7.87. The first-order chi connectivity index (χ1) is 6.24. The highest BCUT2D eigenvalue weighted by molar-refractivity contribution is 7.59. The molecule has 0 amide bonds. The van der Waals surface area contributed by atoms with Gasteiger partial charge in [-0.15, -0.1) is 5.10 Å². The highest BCUT2D eigenvalue weighted by Gasteiger charge is 2.13. The maximum atomic E-state index is 5.11. The summed E-state index contributed by atoms with van der Waals surface area (Å²) in [6, 6.07) is 0. The number of nitrogens with zero attached hydrogens (tertiary/aromatic N) is 1. The maximum absolute atomic E-state index is 5.11. The lowest BCUT2D eigenvalue weighted by Crippen LogP contribution is -3.14. The van der Waals surface area contributed by atoms with E-state index in [4.69, 9.17) is 22.4 Å². The van der Waals surface area contributed by atoms with Crippen molar-refractivity contribution >= 4 is 18.5 Å². The monoisotopic (exact) mass is 205 g/mol. The van der Waals surface area contributed by atoms with E-state index in [1.165, 1.54) is 4.90 Å². The predicted octanol–water partition coefficient (Wildman–Crippen LogP) is -1.39. The Morgan fingerprint density at radius 2 is 2.54 bits per heavy atom. The van der Waals surface area contributed by atoms with Gasteiger partial charge in [0.15, 0.2) is 0 Å². The van der Waals surface area contributed by atoms with E-state index in [9.17, 15) is 0 Å². The third kappa shape index (κ3) is 3.41. The van der Waals surface area contributed by atoms with Crippen molar-refractivity contribution in [1.82, 2.24) is 5.43 Å². The maximum Gasteiger partial charge on any atom is 0.254 e. The fraction of sp³-hybridized carbons (Fsp3) is 0.857. The van der Waals surface area contributed by atoms with E-state index in [-0.39, 0.29) is 5.50 Å². The number of quaternary nitrogens is 1. The summed E-state index contributed by atoms with van der Waals surface area (Å²) in [7, 11) is 2.02. The van der Waals surface area contributed by atoms with Crippen molar-refractivity contribution < 1.29 is 14.7 Å². The zero-order chi connectivity index (χ0) is 9.68. The molecule has 2 unspecified atom stereocenters. The molecule has 2 N–H and O–H groups in total. The molecule has 0 aliphatic carbocycles. The summed E-state index contributed by atoms with van der Waals surface area (Å²) in [4.78, 5) is 10.9. The van der Waals surface area contributed by atoms with Gasteiger partial charge in [0.2, 0.25) is 0 Å². The largest absolute Gasteiger partial charge is 0.703 e. The molecule has 1 aliphatic heterocycles. The normalized spacial score (nSPS) is 28.7. The number of hydrogen-bond acceptors (Lipinski definition) is 5. The van der Waals surface area contributed by atoms with Crippen molar-refractivity contribution in [3.05, 3.63) is 0 Å². The Balaban J connectivity index is 2.39. The Hall–Kier alpha value is -0.460. The van der Waals surface area contributed by atoms with Gasteiger partial charge in [-0.3, -0.25) is 5.43 Å². The molecular weight excluding hydrogens is 190 g/mol. The quantitative estimate of drug-likeness (QED) is 0.331. The number of nitrogens with one attached hydrogen (secondary N) is 2. The molecule has 0 spiro atoms. The molecule has 0 aromatic carbocycles. The molecule has 0 bridgehead atoms. The molecule has 0 saturated carbocycles. The summed E-state index contributed by atoms with van der Waals surface area (Å²) < 4.78 is 0. The van der Waals surface area contributed by atoms with Crippen molar-refractivity contribution in [3.63, 3.8) is 0 Å². The van der Waals surface area contributed by atoms with Crippen LogP contribution in [0.15, 0.2) is 5.10 Å². The minimum absolute atomic E-state index is 0.0947. The third-order valence-electron chi connectivity index (χ3n) is 1.76. The van der Waals surface area contributed by atoms with Crippen LogP contribution in [-0.4, -0.2) is 31.6 Å². The van der Waals surface area contributed by atoms with Gasteiger partial charge >= 0.3 is 0 Å². The van der Waals surface area contributed by atoms with Crippen LogP contribution in [0.5, 0.6) is 0 Å². The van der Waals surface area contributed by atoms with Crippen molar-refractivity contribution in [2.75, 3.05) is 20.2 Å². The lowest BCUT2D eigenvalue weighted by atomic mass is 10.4. The fourth-order valence-electron chi connectivity index (χ4n) is 0.919. The number of rotatable bonds is 2. The summed E-state index contributed by atoms with van der Waals surface area (Å²) in [6.45, 7) is 3.27. The summed E-state index contributed by atoms with van der Waals surface area (Å²) >= 11 is 5.11. The third-order valence-corrected chi connectivity index (χ3v) is 2.27. The molecule has 13 heavy (non-hydrogen) atoms. The smallest absolute Gasteiger partial charge is 0.254 e. The summed E-state index contributed by atoms with van der Waals surface area (Å²) in [5, 5.41) is 3.99. The van der Waals surface area contributed by atoms with E-state index < -0.39 is 0 Å². The Bertz CT molecular complexity index is 189. The van der Waals surface area contributed by atoms with Crippen molar-refractivity contribution in [2.45, 2.75) is 18.8 Å². The lowest BCUT2D eigenvalue weighted by Gasteiger charge is -2.26. The average molecular weight is 205 g/mol. The molecule has 1 heterocycles. The first-order valence-electron chi connectivity index (χ1n) is 4.33. The van der Waals surface area contributed by atoms with Crippen LogP contribution in [-0.2, 0) is 22.4 Å². The van der Waals surface area contributed by atoms with Gasteiger partial charge in [0.25, 0.3) is 5.90 Å². The highest BCUT2D eigenvalue weighted by atomic mass is 32.1. The standard InChI is InChI=1S/C7H15N3O2S/c1-3-11-12-6-4-5-10(2)7(13)9-8-6/h7,9,13H,3-5H2,1-2H3. The number of hydrazone groups is 1. The van der Waals surface area contributed by atoms with Gasteiger partial charge in [0.1, 0.15) is 0 Å². The van der Waals surface area contributed by atoms with E-state index in [2.05, 4.69) is 10.5 Å². The van der Waals surface area contributed by atoms with E-state index in [0.717, 1.165) is 13.0 Å². The molecule has 0 saturated heterocycles. The Kier molecular flexibility index (Phi) is 4.34. The number of hydrogen-bond donors (Lipinski definition) is 2. The van der Waals surface area contributed by atoms with Crippen LogP contribution >= 0.6 is 0 Å². The van der Waals surface area contributed by atoms with Crippen LogP contribution in [0.4, 0.5) is 0 Å². The second kappa shape index (κ2) is 5.31. The van der Waals surface area contributed by atoms with Crippen molar-refractivity contribution in [3.8, 4) is 0 Å². The van der Waals surface area contributed by atoms with Crippen molar-refractivity contribution in [1.29, 1.82) is 0 Å². The van der Waals surface area contributed by atoms with Crippen LogP contribution in [0.1, 0.15) is 13.3 Å². The van der Waals surface area contributed by atoms with Gasteiger partial charge in [-0.2, -0.15) is 4.89 Å². The van der Waals surface area contributed by atoms with Crippen LogP contribution in [0.3, 0.4) is 0 Å². The summed E-state index contributed by atoms with van der Waals surface area (Å²) in [5.41, 5.74) is 2.72. The second-order valence-corrected chi connectivity index (χ2v) is 3.32. The predicted molar refractivity (Wildman–Crippen MR) is 50.8 cm³/mol. The van der Waals surface area contributed by atoms with Gasteiger partial charge in [0.05, 0.1) is 32.1 Å². The van der Waals surface area contributed by atoms with E-state index in [1.807, 2.05) is 14.0 Å². The molecule has 1 rings (SSSR count). The molecular formula is C7H15N3O2S. The fourth-order valence-corrected chi connectivity index (χ4v) is 1.09. The lowest BCUT2D eigenvalue weighted by molar-refractivity contribution is -0.892. The molecule has 2 atom stereocenters. The van der Waals surface area contributed by atoms with E-state index in [1.54, 1.807) is 0 Å². The van der Waals surface area contributed by atoms with Crippen LogP contribution in [0.2, 0.25) is 0 Å². The topological polar surface area (TPSA) is 47.3 Å². The summed E-state index contributed by atoms with van der Waals surface area (Å²) in [5.74, 6) is 0.563. The van der Waals surface area contributed by atoms with E-state index >= 15 is 0 Å². The van der Waals surface area contributed by atoms with Crippen LogP contribution < -0.4 is 10.3 Å². The van der Waals surface area contributed by atoms with E-state index in [0.29, 0.717) is 12.5 Å². The minimum atomic E-state index is -0.0947. The Morgan fingerprint density at radius 3 is 3.23 bits per heavy atom. The molecule has 6 heteroatoms. The molecule has 0 aromatic heterocycles. The molecule has 0 fully saturated rings. The van der Waals surface area contributed by atoms with Gasteiger partial charge in [-0.1, -0.05) is 0 Å². The molecule has 0 radical (unpaired) electrons. The first kappa shape index (κ1) is 10.6. The molecule has 5 nitrogen and oxygen atoms in total.